The van der Waals surface area contributed by atoms with Gasteiger partial charge in [0.25, 0.3) is 0 Å². The lowest BCUT2D eigenvalue weighted by atomic mass is 9.82. The number of nitrogens with one attached hydrogen (secondary N) is 1. The Kier molecular flexibility index (Phi) is 6.86. The molecule has 0 bridgehead atoms. The fourth-order valence-electron chi connectivity index (χ4n) is 5.11. The summed E-state index contributed by atoms with van der Waals surface area (Å²) in [6, 6.07) is 19.4. The average Bonchev–Trinajstić information content (AvgIpc) is 3.08. The molecule has 0 spiro atoms. The van der Waals surface area contributed by atoms with Gasteiger partial charge < -0.3 is 10.2 Å². The molecule has 1 aliphatic heterocycles. The lowest BCUT2D eigenvalue weighted by Gasteiger charge is -2.43. The molecule has 2 aromatic rings. The minimum absolute atomic E-state index is 0.624. The molecule has 0 aromatic heterocycles. The number of piperidine rings is 1. The first-order valence-electron chi connectivity index (χ1n) is 11.2. The van der Waals surface area contributed by atoms with E-state index in [1.165, 1.54) is 44.1 Å². The monoisotopic (exact) mass is 394 g/mol. The van der Waals surface area contributed by atoms with Gasteiger partial charge >= 0.3 is 0 Å². The van der Waals surface area contributed by atoms with Crippen molar-refractivity contribution in [1.29, 1.82) is 0 Å². The number of hydrogen-bond donors (Lipinski definition) is 2. The van der Waals surface area contributed by atoms with Gasteiger partial charge in [0.1, 0.15) is 5.60 Å². The maximum atomic E-state index is 10.00. The Morgan fingerprint density at radius 1 is 0.897 bits per heavy atom. The van der Waals surface area contributed by atoms with Crippen LogP contribution >= 0.6 is 0 Å². The minimum Gasteiger partial charge on any atom is -0.381 e. The average molecular weight is 395 g/mol. The highest BCUT2D eigenvalue weighted by atomic mass is 17.1. The predicted octanol–water partition coefficient (Wildman–Crippen LogP) is 5.80. The Hall–Kier alpha value is -1.88. The number of nitrogens with zero attached hydrogens (tertiary/aromatic N) is 1. The zero-order chi connectivity index (χ0) is 19.9. The molecule has 2 aromatic carbocycles. The molecule has 29 heavy (non-hydrogen) atoms. The second-order valence-electron chi connectivity index (χ2n) is 8.65. The third kappa shape index (κ3) is 4.82. The molecule has 2 aliphatic rings. The molecule has 4 rings (SSSR count). The fourth-order valence-corrected chi connectivity index (χ4v) is 5.11. The van der Waals surface area contributed by atoms with Crippen LogP contribution < -0.4 is 5.32 Å². The zero-order valence-corrected chi connectivity index (χ0v) is 17.4. The molecule has 1 saturated carbocycles. The van der Waals surface area contributed by atoms with Crippen molar-refractivity contribution in [2.45, 2.75) is 69.6 Å². The molecular formula is C25H34N2O2. The molecular weight excluding hydrogens is 360 g/mol. The number of para-hydroxylation sites is 1. The lowest BCUT2D eigenvalue weighted by Crippen LogP contribution is -2.48. The molecule has 2 fully saturated rings. The summed E-state index contributed by atoms with van der Waals surface area (Å²) < 4.78 is 0. The first-order valence-corrected chi connectivity index (χ1v) is 11.2. The van der Waals surface area contributed by atoms with Crippen LogP contribution in [0.4, 0.5) is 5.69 Å². The van der Waals surface area contributed by atoms with E-state index < -0.39 is 5.60 Å². The molecule has 2 N–H and O–H groups in total. The first kappa shape index (κ1) is 20.4. The van der Waals surface area contributed by atoms with E-state index in [1.807, 2.05) is 18.2 Å². The van der Waals surface area contributed by atoms with Gasteiger partial charge in [-0.15, -0.1) is 0 Å². The summed E-state index contributed by atoms with van der Waals surface area (Å²) in [5.74, 6) is 0. The van der Waals surface area contributed by atoms with Gasteiger partial charge in [-0.25, -0.2) is 4.89 Å². The lowest BCUT2D eigenvalue weighted by molar-refractivity contribution is -0.339. The van der Waals surface area contributed by atoms with Gasteiger partial charge in [0, 0.05) is 36.9 Å². The van der Waals surface area contributed by atoms with Crippen LogP contribution in [0.25, 0.3) is 0 Å². The van der Waals surface area contributed by atoms with Crippen LogP contribution in [0.1, 0.15) is 62.5 Å². The van der Waals surface area contributed by atoms with Gasteiger partial charge in [-0.3, -0.25) is 5.26 Å². The minimum atomic E-state index is -0.624. The normalized spacial score (nSPS) is 20.9. The Balaban J connectivity index is 1.46. The smallest absolute Gasteiger partial charge is 0.133 e. The van der Waals surface area contributed by atoms with Gasteiger partial charge in [-0.2, -0.15) is 0 Å². The van der Waals surface area contributed by atoms with Crippen molar-refractivity contribution < 1.29 is 10.1 Å². The number of benzene rings is 2. The van der Waals surface area contributed by atoms with Crippen LogP contribution in [0.2, 0.25) is 0 Å². The molecule has 4 nitrogen and oxygen atoms in total. The third-order valence-corrected chi connectivity index (χ3v) is 6.87. The summed E-state index contributed by atoms with van der Waals surface area (Å²) in [7, 11) is 0. The van der Waals surface area contributed by atoms with Gasteiger partial charge in [0.15, 0.2) is 0 Å². The highest BCUT2D eigenvalue weighted by Gasteiger charge is 2.41. The fraction of sp³-hybridized carbons (Fsp3) is 0.520. The van der Waals surface area contributed by atoms with Crippen LogP contribution in [-0.4, -0.2) is 29.3 Å². The molecule has 0 unspecified atom stereocenters. The van der Waals surface area contributed by atoms with E-state index >= 15 is 0 Å². The molecule has 1 saturated heterocycles. The standard InChI is InChI=1S/C25H34N2O2/c28-29-25(16-18-27(19-17-25)22-12-6-1-2-7-13-22)23-14-8-9-15-24(23)26-20-21-10-4-3-5-11-21/h3-5,8-11,14-15,22,26,28H,1-2,6-7,12-13,16-20H2. The number of hydrogen-bond acceptors (Lipinski definition) is 4. The molecule has 1 heterocycles. The van der Waals surface area contributed by atoms with Crippen molar-refractivity contribution in [3.63, 3.8) is 0 Å². The highest BCUT2D eigenvalue weighted by Crippen LogP contribution is 2.41. The van der Waals surface area contributed by atoms with Crippen molar-refractivity contribution in [1.82, 2.24) is 4.90 Å². The summed E-state index contributed by atoms with van der Waals surface area (Å²) in [6.07, 6.45) is 9.77. The molecule has 0 amide bonds. The van der Waals surface area contributed by atoms with E-state index in [0.29, 0.717) is 6.04 Å². The van der Waals surface area contributed by atoms with E-state index in [9.17, 15) is 5.26 Å². The Bertz CT molecular complexity index is 748. The van der Waals surface area contributed by atoms with E-state index in [4.69, 9.17) is 4.89 Å². The SMILES string of the molecule is OOC1(c2ccccc2NCc2ccccc2)CCN(C2CCCCCC2)CC1. The highest BCUT2D eigenvalue weighted by molar-refractivity contribution is 5.54. The van der Waals surface area contributed by atoms with Crippen LogP contribution in [0.3, 0.4) is 0 Å². The van der Waals surface area contributed by atoms with E-state index in [1.54, 1.807) is 0 Å². The molecule has 0 radical (unpaired) electrons. The largest absolute Gasteiger partial charge is 0.381 e. The second-order valence-corrected chi connectivity index (χ2v) is 8.65. The van der Waals surface area contributed by atoms with Crippen LogP contribution in [0.5, 0.6) is 0 Å². The van der Waals surface area contributed by atoms with Crippen LogP contribution in [0.15, 0.2) is 54.6 Å². The third-order valence-electron chi connectivity index (χ3n) is 6.87. The van der Waals surface area contributed by atoms with Crippen molar-refractivity contribution in [2.75, 3.05) is 18.4 Å². The van der Waals surface area contributed by atoms with Gasteiger partial charge in [-0.1, -0.05) is 74.2 Å². The zero-order valence-electron chi connectivity index (χ0n) is 17.4. The van der Waals surface area contributed by atoms with Crippen LogP contribution in [0, 0.1) is 0 Å². The van der Waals surface area contributed by atoms with Crippen molar-refractivity contribution >= 4 is 5.69 Å². The predicted molar refractivity (Wildman–Crippen MR) is 118 cm³/mol. The Labute approximate surface area is 174 Å². The summed E-state index contributed by atoms with van der Waals surface area (Å²) in [6.45, 7) is 2.73. The summed E-state index contributed by atoms with van der Waals surface area (Å²) in [5, 5.41) is 13.6. The van der Waals surface area contributed by atoms with Crippen molar-refractivity contribution in [3.8, 4) is 0 Å². The quantitative estimate of drug-likeness (QED) is 0.369. The summed E-state index contributed by atoms with van der Waals surface area (Å²) >= 11 is 0. The topological polar surface area (TPSA) is 44.7 Å². The Morgan fingerprint density at radius 2 is 1.55 bits per heavy atom. The maximum absolute atomic E-state index is 10.00. The van der Waals surface area contributed by atoms with Crippen molar-refractivity contribution in [3.05, 3.63) is 65.7 Å². The summed E-state index contributed by atoms with van der Waals surface area (Å²) in [5.41, 5.74) is 2.73. The second kappa shape index (κ2) is 9.75. The van der Waals surface area contributed by atoms with Crippen LogP contribution in [-0.2, 0) is 17.0 Å². The summed E-state index contributed by atoms with van der Waals surface area (Å²) in [4.78, 5) is 7.89. The van der Waals surface area contributed by atoms with E-state index in [2.05, 4.69) is 46.6 Å². The van der Waals surface area contributed by atoms with Gasteiger partial charge in [0.2, 0.25) is 0 Å². The molecule has 4 heteroatoms. The van der Waals surface area contributed by atoms with E-state index in [-0.39, 0.29) is 0 Å². The van der Waals surface area contributed by atoms with Gasteiger partial charge in [0.05, 0.1) is 0 Å². The number of likely N-dealkylation sites (tertiary alicyclic amines) is 1. The number of anilines is 1. The molecule has 1 aliphatic carbocycles. The Morgan fingerprint density at radius 3 is 2.24 bits per heavy atom. The van der Waals surface area contributed by atoms with Gasteiger partial charge in [-0.05, 0) is 37.3 Å². The maximum Gasteiger partial charge on any atom is 0.133 e. The number of rotatable bonds is 6. The first-order chi connectivity index (χ1) is 14.3. The van der Waals surface area contributed by atoms with Crippen molar-refractivity contribution in [2.24, 2.45) is 0 Å². The van der Waals surface area contributed by atoms with E-state index in [0.717, 1.165) is 43.7 Å². The molecule has 0 atom stereocenters. The molecule has 156 valence electrons.